The number of hydrogen-bond acceptors (Lipinski definition) is 2. The first-order chi connectivity index (χ1) is 5.69. The fourth-order valence-electron chi connectivity index (χ4n) is 1.11. The number of aliphatic hydroxyl groups is 1. The van der Waals surface area contributed by atoms with E-state index >= 15 is 0 Å². The lowest BCUT2D eigenvalue weighted by Crippen LogP contribution is -2.23. The fourth-order valence-corrected chi connectivity index (χ4v) is 1.11. The first-order valence-corrected chi connectivity index (χ1v) is 3.79. The minimum Gasteiger partial charge on any atom is -0.381 e. The maximum Gasteiger partial charge on any atom is 0.189 e. The van der Waals surface area contributed by atoms with E-state index in [1.165, 1.54) is 6.08 Å². The summed E-state index contributed by atoms with van der Waals surface area (Å²) in [6.45, 7) is 1.88. The Kier molecular flexibility index (Phi) is 2.47. The first-order valence-electron chi connectivity index (χ1n) is 3.79. The predicted molar refractivity (Wildman–Crippen MR) is 46.3 cm³/mol. The Balaban J connectivity index is 3.02. The smallest absolute Gasteiger partial charge is 0.189 e. The van der Waals surface area contributed by atoms with Gasteiger partial charge in [-0.3, -0.25) is 4.79 Å². The van der Waals surface area contributed by atoms with E-state index in [-0.39, 0.29) is 5.78 Å². The maximum absolute atomic E-state index is 11.1. The van der Waals surface area contributed by atoms with Crippen molar-refractivity contribution in [2.45, 2.75) is 19.4 Å². The van der Waals surface area contributed by atoms with Crippen LogP contribution in [0.1, 0.15) is 13.3 Å². The lowest BCUT2D eigenvalue weighted by Gasteiger charge is -2.14. The molecule has 0 spiro atoms. The monoisotopic (exact) mass is 162 g/mol. The highest BCUT2D eigenvalue weighted by molar-refractivity contribution is 5.98. The van der Waals surface area contributed by atoms with E-state index < -0.39 is 6.10 Å². The van der Waals surface area contributed by atoms with Crippen molar-refractivity contribution in [3.8, 4) is 12.3 Å². The summed E-state index contributed by atoms with van der Waals surface area (Å²) in [4.78, 5) is 11.1. The van der Waals surface area contributed by atoms with Gasteiger partial charge in [0.05, 0.1) is 0 Å². The lowest BCUT2D eigenvalue weighted by molar-refractivity contribution is -0.120. The number of carbonyl (C=O) groups is 1. The molecule has 12 heavy (non-hydrogen) atoms. The highest BCUT2D eigenvalue weighted by Crippen LogP contribution is 2.17. The van der Waals surface area contributed by atoms with Crippen molar-refractivity contribution in [2.75, 3.05) is 0 Å². The Morgan fingerprint density at radius 1 is 1.67 bits per heavy atom. The molecule has 62 valence electrons. The molecule has 0 aromatic rings. The first kappa shape index (κ1) is 8.76. The van der Waals surface area contributed by atoms with Crippen LogP contribution >= 0.6 is 0 Å². The summed E-state index contributed by atoms with van der Waals surface area (Å²) >= 11 is 0. The molecule has 2 heteroatoms. The molecule has 0 radical (unpaired) electrons. The van der Waals surface area contributed by atoms with Crippen molar-refractivity contribution in [3.63, 3.8) is 0 Å². The van der Waals surface area contributed by atoms with Gasteiger partial charge in [-0.15, -0.1) is 6.42 Å². The molecule has 2 nitrogen and oxygen atoms in total. The quantitative estimate of drug-likeness (QED) is 0.580. The van der Waals surface area contributed by atoms with Gasteiger partial charge >= 0.3 is 0 Å². The molecule has 1 rings (SSSR count). The van der Waals surface area contributed by atoms with Gasteiger partial charge in [0.2, 0.25) is 0 Å². The van der Waals surface area contributed by atoms with Gasteiger partial charge in [-0.05, 0) is 24.1 Å². The molecular formula is C10H10O2. The van der Waals surface area contributed by atoms with E-state index in [0.29, 0.717) is 17.6 Å². The second-order valence-electron chi connectivity index (χ2n) is 2.62. The number of allylic oxidation sites excluding steroid dienone is 2. The van der Waals surface area contributed by atoms with E-state index in [1.54, 1.807) is 6.08 Å². The lowest BCUT2D eigenvalue weighted by atomic mass is 9.94. The Morgan fingerprint density at radius 3 is 2.83 bits per heavy atom. The van der Waals surface area contributed by atoms with Gasteiger partial charge in [0.15, 0.2) is 5.78 Å². The van der Waals surface area contributed by atoms with Crippen LogP contribution in [0.2, 0.25) is 0 Å². The summed E-state index contributed by atoms with van der Waals surface area (Å²) < 4.78 is 0. The van der Waals surface area contributed by atoms with Crippen LogP contribution in [-0.4, -0.2) is 17.0 Å². The minimum absolute atomic E-state index is 0.317. The summed E-state index contributed by atoms with van der Waals surface area (Å²) in [5.41, 5.74) is 1.23. The normalized spacial score (nSPS) is 22.8. The van der Waals surface area contributed by atoms with Crippen molar-refractivity contribution >= 4 is 5.78 Å². The molecule has 1 aliphatic carbocycles. The number of carbonyl (C=O) groups excluding carboxylic acids is 1. The second kappa shape index (κ2) is 3.38. The van der Waals surface area contributed by atoms with Crippen LogP contribution in [0.4, 0.5) is 0 Å². The zero-order chi connectivity index (χ0) is 9.14. The molecule has 1 atom stereocenters. The van der Waals surface area contributed by atoms with E-state index in [9.17, 15) is 9.90 Å². The van der Waals surface area contributed by atoms with Gasteiger partial charge in [-0.2, -0.15) is 0 Å². The van der Waals surface area contributed by atoms with Gasteiger partial charge in [0, 0.05) is 5.57 Å². The Hall–Kier alpha value is -1.33. The SMILES string of the molecule is C#CC1=CC(=O)C(O)C(CC)=C1. The standard InChI is InChI=1S/C10H10O2/c1-3-7-5-8(4-2)10(12)9(11)6-7/h1,5-6,10,12H,4H2,2H3. The molecule has 0 heterocycles. The Bertz CT molecular complexity index is 302. The zero-order valence-electron chi connectivity index (χ0n) is 6.87. The van der Waals surface area contributed by atoms with Crippen molar-refractivity contribution in [1.29, 1.82) is 0 Å². The molecular weight excluding hydrogens is 152 g/mol. The molecule has 0 aromatic carbocycles. The molecule has 0 bridgehead atoms. The molecule has 0 amide bonds. The van der Waals surface area contributed by atoms with Crippen LogP contribution in [-0.2, 0) is 4.79 Å². The van der Waals surface area contributed by atoms with Gasteiger partial charge in [0.1, 0.15) is 6.10 Å². The third-order valence-corrected chi connectivity index (χ3v) is 1.83. The maximum atomic E-state index is 11.1. The van der Waals surface area contributed by atoms with Crippen molar-refractivity contribution in [1.82, 2.24) is 0 Å². The molecule has 0 aromatic heterocycles. The number of hydrogen-bond donors (Lipinski definition) is 1. The van der Waals surface area contributed by atoms with Crippen molar-refractivity contribution in [3.05, 3.63) is 23.3 Å². The van der Waals surface area contributed by atoms with Crippen LogP contribution < -0.4 is 0 Å². The highest BCUT2D eigenvalue weighted by atomic mass is 16.3. The van der Waals surface area contributed by atoms with Crippen LogP contribution in [0.25, 0.3) is 0 Å². The van der Waals surface area contributed by atoms with Crippen molar-refractivity contribution < 1.29 is 9.90 Å². The summed E-state index contributed by atoms with van der Waals surface area (Å²) in [5, 5.41) is 9.32. The van der Waals surface area contributed by atoms with Gasteiger partial charge < -0.3 is 5.11 Å². The number of rotatable bonds is 1. The average Bonchev–Trinajstić information content (AvgIpc) is 2.09. The van der Waals surface area contributed by atoms with Gasteiger partial charge in [-0.1, -0.05) is 12.8 Å². The summed E-state index contributed by atoms with van der Waals surface area (Å²) in [6.07, 6.45) is 7.78. The molecule has 0 aliphatic heterocycles. The van der Waals surface area contributed by atoms with Crippen LogP contribution in [0.3, 0.4) is 0 Å². The third kappa shape index (κ3) is 1.46. The molecule has 0 saturated heterocycles. The fraction of sp³-hybridized carbons (Fsp3) is 0.300. The van der Waals surface area contributed by atoms with E-state index in [0.717, 1.165) is 0 Å². The number of aliphatic hydroxyl groups excluding tert-OH is 1. The van der Waals surface area contributed by atoms with Gasteiger partial charge in [-0.25, -0.2) is 0 Å². The summed E-state index contributed by atoms with van der Waals surface area (Å²) in [5.74, 6) is 2.05. The summed E-state index contributed by atoms with van der Waals surface area (Å²) in [6, 6.07) is 0. The predicted octanol–water partition coefficient (Wildman–Crippen LogP) is 0.826. The minimum atomic E-state index is -0.980. The molecule has 0 fully saturated rings. The molecule has 1 aliphatic rings. The Labute approximate surface area is 71.6 Å². The zero-order valence-corrected chi connectivity index (χ0v) is 6.87. The second-order valence-corrected chi connectivity index (χ2v) is 2.62. The third-order valence-electron chi connectivity index (χ3n) is 1.83. The summed E-state index contributed by atoms with van der Waals surface area (Å²) in [7, 11) is 0. The average molecular weight is 162 g/mol. The van der Waals surface area contributed by atoms with Gasteiger partial charge in [0.25, 0.3) is 0 Å². The number of terminal acetylenes is 1. The Morgan fingerprint density at radius 2 is 2.33 bits per heavy atom. The molecule has 1 unspecified atom stereocenters. The largest absolute Gasteiger partial charge is 0.381 e. The van der Waals surface area contributed by atoms with Crippen LogP contribution in [0.15, 0.2) is 23.3 Å². The highest BCUT2D eigenvalue weighted by Gasteiger charge is 2.20. The molecule has 1 N–H and O–H groups in total. The number of ketones is 1. The van der Waals surface area contributed by atoms with Crippen LogP contribution in [0.5, 0.6) is 0 Å². The topological polar surface area (TPSA) is 37.3 Å². The molecule has 0 saturated carbocycles. The van der Waals surface area contributed by atoms with Crippen molar-refractivity contribution in [2.24, 2.45) is 0 Å². The van der Waals surface area contributed by atoms with E-state index in [1.807, 2.05) is 6.92 Å². The van der Waals surface area contributed by atoms with E-state index in [2.05, 4.69) is 5.92 Å². The van der Waals surface area contributed by atoms with Crippen LogP contribution in [0, 0.1) is 12.3 Å². The van der Waals surface area contributed by atoms with E-state index in [4.69, 9.17) is 6.42 Å².